The molecule has 2 heterocycles. The van der Waals surface area contributed by atoms with Crippen molar-refractivity contribution in [2.45, 2.75) is 20.4 Å². The number of aromatic nitrogens is 3. The molecule has 2 N–H and O–H groups in total. The molecule has 3 rings (SSSR count). The third-order valence-corrected chi connectivity index (χ3v) is 3.34. The molecular weight excluding hydrogens is 236 g/mol. The number of imidazole rings is 1. The molecule has 2 aromatic heterocycles. The monoisotopic (exact) mass is 252 g/mol. The van der Waals surface area contributed by atoms with E-state index < -0.39 is 0 Å². The Balaban J connectivity index is 2.33. The average molecular weight is 252 g/mol. The van der Waals surface area contributed by atoms with Gasteiger partial charge in [-0.1, -0.05) is 17.7 Å². The van der Waals surface area contributed by atoms with Crippen molar-refractivity contribution in [2.24, 2.45) is 5.73 Å². The molecule has 0 bridgehead atoms. The molecule has 0 saturated heterocycles. The fourth-order valence-corrected chi connectivity index (χ4v) is 2.34. The molecule has 0 unspecified atom stereocenters. The van der Waals surface area contributed by atoms with E-state index in [0.29, 0.717) is 12.3 Å². The summed E-state index contributed by atoms with van der Waals surface area (Å²) in [7, 11) is 0. The molecule has 4 heteroatoms. The van der Waals surface area contributed by atoms with Crippen LogP contribution in [0.5, 0.6) is 0 Å². The van der Waals surface area contributed by atoms with Gasteiger partial charge < -0.3 is 5.73 Å². The first kappa shape index (κ1) is 11.9. The Kier molecular flexibility index (Phi) is 2.80. The Labute approximate surface area is 111 Å². The predicted octanol–water partition coefficient (Wildman–Crippen LogP) is 2.47. The first-order valence-electron chi connectivity index (χ1n) is 6.30. The van der Waals surface area contributed by atoms with Gasteiger partial charge in [-0.2, -0.15) is 0 Å². The van der Waals surface area contributed by atoms with Gasteiger partial charge in [0.15, 0.2) is 0 Å². The van der Waals surface area contributed by atoms with Crippen LogP contribution >= 0.6 is 0 Å². The fraction of sp³-hybridized carbons (Fsp3) is 0.200. The SMILES string of the molecule is Cc1ccc(C)c(-c2nc3ncccn3c2CN)c1. The van der Waals surface area contributed by atoms with Crippen LogP contribution in [-0.4, -0.2) is 14.4 Å². The summed E-state index contributed by atoms with van der Waals surface area (Å²) >= 11 is 0. The molecule has 4 nitrogen and oxygen atoms in total. The lowest BCUT2D eigenvalue weighted by Gasteiger charge is -2.06. The van der Waals surface area contributed by atoms with Gasteiger partial charge in [-0.25, -0.2) is 9.97 Å². The molecule has 0 spiro atoms. The highest BCUT2D eigenvalue weighted by atomic mass is 15.1. The predicted molar refractivity (Wildman–Crippen MR) is 75.8 cm³/mol. The zero-order valence-corrected chi connectivity index (χ0v) is 11.1. The Morgan fingerprint density at radius 1 is 1.26 bits per heavy atom. The second-order valence-corrected chi connectivity index (χ2v) is 4.72. The number of nitrogens with zero attached hydrogens (tertiary/aromatic N) is 3. The topological polar surface area (TPSA) is 56.2 Å². The largest absolute Gasteiger partial charge is 0.325 e. The van der Waals surface area contributed by atoms with Gasteiger partial charge in [-0.05, 0) is 31.5 Å². The van der Waals surface area contributed by atoms with Crippen LogP contribution in [0.15, 0.2) is 36.7 Å². The first-order valence-corrected chi connectivity index (χ1v) is 6.30. The van der Waals surface area contributed by atoms with Crippen LogP contribution in [0.2, 0.25) is 0 Å². The van der Waals surface area contributed by atoms with E-state index in [1.807, 2.05) is 16.7 Å². The van der Waals surface area contributed by atoms with E-state index >= 15 is 0 Å². The van der Waals surface area contributed by atoms with E-state index in [0.717, 1.165) is 17.0 Å². The maximum Gasteiger partial charge on any atom is 0.234 e. The number of aryl methyl sites for hydroxylation is 2. The highest BCUT2D eigenvalue weighted by Gasteiger charge is 2.14. The Hall–Kier alpha value is -2.20. The Bertz CT molecular complexity index is 743. The molecule has 0 aliphatic carbocycles. The van der Waals surface area contributed by atoms with Crippen LogP contribution in [0, 0.1) is 13.8 Å². The number of benzene rings is 1. The molecule has 1 aromatic carbocycles. The van der Waals surface area contributed by atoms with Crippen LogP contribution in [0.25, 0.3) is 17.0 Å². The van der Waals surface area contributed by atoms with Crippen molar-refractivity contribution in [3.63, 3.8) is 0 Å². The van der Waals surface area contributed by atoms with Crippen molar-refractivity contribution in [1.29, 1.82) is 0 Å². The van der Waals surface area contributed by atoms with Gasteiger partial charge in [0.25, 0.3) is 0 Å². The fourth-order valence-electron chi connectivity index (χ4n) is 2.34. The number of nitrogens with two attached hydrogens (primary N) is 1. The third-order valence-electron chi connectivity index (χ3n) is 3.34. The van der Waals surface area contributed by atoms with Crippen LogP contribution in [0.4, 0.5) is 0 Å². The highest BCUT2D eigenvalue weighted by molar-refractivity contribution is 5.69. The molecule has 96 valence electrons. The van der Waals surface area contributed by atoms with E-state index in [1.54, 1.807) is 6.20 Å². The molecule has 0 amide bonds. The molecule has 0 saturated carbocycles. The number of hydrogen-bond donors (Lipinski definition) is 1. The van der Waals surface area contributed by atoms with E-state index in [1.165, 1.54) is 11.1 Å². The highest BCUT2D eigenvalue weighted by Crippen LogP contribution is 2.27. The standard InChI is InChI=1S/C15H16N4/c1-10-4-5-11(2)12(8-10)14-13(9-16)19-7-3-6-17-15(19)18-14/h3-8H,9,16H2,1-2H3. The van der Waals surface area contributed by atoms with Crippen molar-refractivity contribution >= 4 is 5.78 Å². The van der Waals surface area contributed by atoms with Crippen molar-refractivity contribution in [1.82, 2.24) is 14.4 Å². The summed E-state index contributed by atoms with van der Waals surface area (Å²) in [6.07, 6.45) is 3.70. The zero-order valence-electron chi connectivity index (χ0n) is 11.1. The van der Waals surface area contributed by atoms with E-state index in [-0.39, 0.29) is 0 Å². The second-order valence-electron chi connectivity index (χ2n) is 4.72. The van der Waals surface area contributed by atoms with Gasteiger partial charge in [0.2, 0.25) is 5.78 Å². The summed E-state index contributed by atoms with van der Waals surface area (Å²) in [5.41, 5.74) is 11.4. The first-order chi connectivity index (χ1) is 9.20. The molecular formula is C15H16N4. The van der Waals surface area contributed by atoms with Gasteiger partial charge in [0.05, 0.1) is 11.4 Å². The van der Waals surface area contributed by atoms with Crippen molar-refractivity contribution in [3.8, 4) is 11.3 Å². The molecule has 0 aliphatic rings. The Morgan fingerprint density at radius 3 is 2.89 bits per heavy atom. The summed E-state index contributed by atoms with van der Waals surface area (Å²) < 4.78 is 1.96. The smallest absolute Gasteiger partial charge is 0.234 e. The lowest BCUT2D eigenvalue weighted by molar-refractivity contribution is 0.949. The van der Waals surface area contributed by atoms with Crippen molar-refractivity contribution in [3.05, 3.63) is 53.5 Å². The number of rotatable bonds is 2. The number of hydrogen-bond acceptors (Lipinski definition) is 3. The Morgan fingerprint density at radius 2 is 2.11 bits per heavy atom. The molecule has 0 radical (unpaired) electrons. The van der Waals surface area contributed by atoms with Crippen LogP contribution < -0.4 is 5.73 Å². The van der Waals surface area contributed by atoms with Crippen LogP contribution in [0.1, 0.15) is 16.8 Å². The molecule has 0 aliphatic heterocycles. The molecule has 0 fully saturated rings. The zero-order chi connectivity index (χ0) is 13.4. The van der Waals surface area contributed by atoms with Gasteiger partial charge >= 0.3 is 0 Å². The van der Waals surface area contributed by atoms with E-state index in [9.17, 15) is 0 Å². The maximum atomic E-state index is 5.90. The summed E-state index contributed by atoms with van der Waals surface area (Å²) in [5, 5.41) is 0. The number of fused-ring (bicyclic) bond motifs is 1. The molecule has 19 heavy (non-hydrogen) atoms. The average Bonchev–Trinajstić information content (AvgIpc) is 2.79. The maximum absolute atomic E-state index is 5.90. The quantitative estimate of drug-likeness (QED) is 0.762. The summed E-state index contributed by atoms with van der Waals surface area (Å²) in [4.78, 5) is 8.91. The third kappa shape index (κ3) is 1.90. The second kappa shape index (κ2) is 4.48. The van der Waals surface area contributed by atoms with Crippen LogP contribution in [-0.2, 0) is 6.54 Å². The minimum Gasteiger partial charge on any atom is -0.325 e. The van der Waals surface area contributed by atoms with E-state index in [2.05, 4.69) is 42.0 Å². The van der Waals surface area contributed by atoms with E-state index in [4.69, 9.17) is 5.73 Å². The summed E-state index contributed by atoms with van der Waals surface area (Å²) in [6.45, 7) is 4.61. The van der Waals surface area contributed by atoms with Crippen molar-refractivity contribution < 1.29 is 0 Å². The minimum atomic E-state index is 0.440. The minimum absolute atomic E-state index is 0.440. The lowest BCUT2D eigenvalue weighted by Crippen LogP contribution is -2.03. The van der Waals surface area contributed by atoms with Gasteiger partial charge in [0, 0.05) is 24.5 Å². The molecule has 3 aromatic rings. The summed E-state index contributed by atoms with van der Waals surface area (Å²) in [6, 6.07) is 8.26. The lowest BCUT2D eigenvalue weighted by atomic mass is 10.0. The normalized spacial score (nSPS) is 11.1. The van der Waals surface area contributed by atoms with Gasteiger partial charge in [-0.15, -0.1) is 0 Å². The van der Waals surface area contributed by atoms with Gasteiger partial charge in [-0.3, -0.25) is 4.40 Å². The molecule has 0 atom stereocenters. The van der Waals surface area contributed by atoms with Crippen molar-refractivity contribution in [2.75, 3.05) is 0 Å². The van der Waals surface area contributed by atoms with Gasteiger partial charge in [0.1, 0.15) is 0 Å². The van der Waals surface area contributed by atoms with Crippen LogP contribution in [0.3, 0.4) is 0 Å². The summed E-state index contributed by atoms with van der Waals surface area (Å²) in [5.74, 6) is 0.693.